The number of rotatable bonds is 8. The normalized spacial score (nSPS) is 17.3. The molecule has 0 saturated carbocycles. The van der Waals surface area contributed by atoms with Crippen LogP contribution in [0.2, 0.25) is 0 Å². The van der Waals surface area contributed by atoms with Gasteiger partial charge in [0, 0.05) is 25.1 Å². The van der Waals surface area contributed by atoms with Crippen molar-refractivity contribution < 1.29 is 13.7 Å². The van der Waals surface area contributed by atoms with E-state index in [9.17, 15) is 9.18 Å². The lowest BCUT2D eigenvalue weighted by Gasteiger charge is -2.31. The molecule has 27 heavy (non-hydrogen) atoms. The van der Waals surface area contributed by atoms with Crippen LogP contribution in [0.1, 0.15) is 56.8 Å². The predicted molar refractivity (Wildman–Crippen MR) is 100 cm³/mol. The van der Waals surface area contributed by atoms with Crippen LogP contribution in [-0.4, -0.2) is 40.6 Å². The summed E-state index contributed by atoms with van der Waals surface area (Å²) in [7, 11) is 0. The highest BCUT2D eigenvalue weighted by atomic mass is 19.1. The van der Waals surface area contributed by atoms with Crippen LogP contribution in [0.15, 0.2) is 28.8 Å². The van der Waals surface area contributed by atoms with Crippen LogP contribution in [0.25, 0.3) is 11.4 Å². The zero-order valence-electron chi connectivity index (χ0n) is 15.6. The third kappa shape index (κ3) is 5.35. The zero-order valence-corrected chi connectivity index (χ0v) is 15.6. The smallest absolute Gasteiger partial charge is 0.231 e. The van der Waals surface area contributed by atoms with Gasteiger partial charge >= 0.3 is 0 Å². The summed E-state index contributed by atoms with van der Waals surface area (Å²) in [5, 5.41) is 4.02. The summed E-state index contributed by atoms with van der Waals surface area (Å²) in [4.78, 5) is 18.9. The quantitative estimate of drug-likeness (QED) is 0.715. The predicted octanol–water partition coefficient (Wildman–Crippen LogP) is 3.49. The van der Waals surface area contributed by atoms with Gasteiger partial charge in [-0.05, 0) is 56.5 Å². The van der Waals surface area contributed by atoms with E-state index in [0.29, 0.717) is 36.8 Å². The van der Waals surface area contributed by atoms with E-state index in [1.54, 1.807) is 12.1 Å². The molecule has 0 spiro atoms. The summed E-state index contributed by atoms with van der Waals surface area (Å²) in [6, 6.07) is 6.01. The van der Waals surface area contributed by atoms with Crippen molar-refractivity contribution in [2.45, 2.75) is 50.9 Å². The number of carbonyl (C=O) groups is 1. The lowest BCUT2D eigenvalue weighted by molar-refractivity contribution is -0.132. The van der Waals surface area contributed by atoms with Gasteiger partial charge in [0.25, 0.3) is 0 Å². The maximum Gasteiger partial charge on any atom is 0.231 e. The van der Waals surface area contributed by atoms with E-state index >= 15 is 0 Å². The summed E-state index contributed by atoms with van der Waals surface area (Å²) < 4.78 is 18.5. The minimum Gasteiger partial charge on any atom is -0.342 e. The maximum atomic E-state index is 13.1. The molecule has 0 radical (unpaired) electrons. The Morgan fingerprint density at radius 1 is 1.22 bits per heavy atom. The highest BCUT2D eigenvalue weighted by Gasteiger charge is 2.28. The number of hydrogen-bond acceptors (Lipinski definition) is 5. The molecule has 1 saturated heterocycles. The number of likely N-dealkylation sites (tertiary alicyclic amines) is 1. The van der Waals surface area contributed by atoms with Crippen LogP contribution in [-0.2, 0) is 4.79 Å². The summed E-state index contributed by atoms with van der Waals surface area (Å²) in [5.41, 5.74) is 6.21. The second-order valence-electron chi connectivity index (χ2n) is 7.09. The average molecular weight is 374 g/mol. The van der Waals surface area contributed by atoms with Gasteiger partial charge in [0.15, 0.2) is 0 Å². The van der Waals surface area contributed by atoms with Crippen LogP contribution in [0.4, 0.5) is 4.39 Å². The highest BCUT2D eigenvalue weighted by molar-refractivity contribution is 5.76. The van der Waals surface area contributed by atoms with Gasteiger partial charge in [0.2, 0.25) is 17.6 Å². The van der Waals surface area contributed by atoms with Crippen LogP contribution in [0.5, 0.6) is 0 Å². The number of halogens is 1. The van der Waals surface area contributed by atoms with Crippen LogP contribution in [0, 0.1) is 5.82 Å². The van der Waals surface area contributed by atoms with Crippen molar-refractivity contribution in [3.8, 4) is 11.4 Å². The second kappa shape index (κ2) is 9.60. The first-order chi connectivity index (χ1) is 13.2. The molecule has 6 nitrogen and oxygen atoms in total. The Bertz CT molecular complexity index is 732. The Hall–Kier alpha value is -2.28. The van der Waals surface area contributed by atoms with E-state index in [1.807, 2.05) is 4.90 Å². The number of unbranched alkanes of at least 4 members (excludes halogenated alkanes) is 3. The Kier molecular flexibility index (Phi) is 6.92. The van der Waals surface area contributed by atoms with E-state index in [1.165, 1.54) is 12.1 Å². The monoisotopic (exact) mass is 374 g/mol. The Morgan fingerprint density at radius 2 is 2.00 bits per heavy atom. The van der Waals surface area contributed by atoms with Gasteiger partial charge in [-0.15, -0.1) is 0 Å². The molecule has 1 amide bonds. The maximum absolute atomic E-state index is 13.1. The first-order valence-electron chi connectivity index (χ1n) is 9.75. The van der Waals surface area contributed by atoms with Gasteiger partial charge in [-0.2, -0.15) is 4.98 Å². The van der Waals surface area contributed by atoms with E-state index in [2.05, 4.69) is 10.1 Å². The van der Waals surface area contributed by atoms with E-state index in [4.69, 9.17) is 10.3 Å². The van der Waals surface area contributed by atoms with Crippen molar-refractivity contribution in [2.24, 2.45) is 5.73 Å². The molecule has 1 atom stereocenters. The van der Waals surface area contributed by atoms with Gasteiger partial charge in [-0.25, -0.2) is 4.39 Å². The number of benzene rings is 1. The SMILES string of the molecule is NCCCCCCC(=O)N1CCCC(c2nc(-c3ccc(F)cc3)no2)C1. The molecule has 2 N–H and O–H groups in total. The molecule has 7 heteroatoms. The molecular weight excluding hydrogens is 347 g/mol. The topological polar surface area (TPSA) is 85.3 Å². The van der Waals surface area contributed by atoms with Crippen molar-refractivity contribution >= 4 is 5.91 Å². The molecule has 0 aliphatic carbocycles. The van der Waals surface area contributed by atoms with Crippen LogP contribution in [0.3, 0.4) is 0 Å². The van der Waals surface area contributed by atoms with Gasteiger partial charge in [0.1, 0.15) is 5.82 Å². The largest absolute Gasteiger partial charge is 0.342 e. The molecular formula is C20H27FN4O2. The molecule has 2 heterocycles. The molecule has 3 rings (SSSR count). The molecule has 1 aliphatic rings. The molecule has 1 fully saturated rings. The number of nitrogens with zero attached hydrogens (tertiary/aromatic N) is 3. The minimum absolute atomic E-state index is 0.0571. The third-order valence-corrected chi connectivity index (χ3v) is 5.01. The number of carbonyl (C=O) groups excluding carboxylic acids is 1. The first kappa shape index (κ1) is 19.5. The molecule has 2 aromatic rings. The van der Waals surface area contributed by atoms with Gasteiger partial charge < -0.3 is 15.2 Å². The summed E-state index contributed by atoms with van der Waals surface area (Å²) in [6.07, 6.45) is 6.50. The highest BCUT2D eigenvalue weighted by Crippen LogP contribution is 2.28. The number of hydrogen-bond donors (Lipinski definition) is 1. The second-order valence-corrected chi connectivity index (χ2v) is 7.09. The number of amides is 1. The molecule has 1 unspecified atom stereocenters. The summed E-state index contributed by atoms with van der Waals surface area (Å²) >= 11 is 0. The van der Waals surface area contributed by atoms with Crippen molar-refractivity contribution in [1.29, 1.82) is 0 Å². The molecule has 1 aromatic carbocycles. The Balaban J connectivity index is 1.55. The fourth-order valence-corrected chi connectivity index (χ4v) is 3.45. The van der Waals surface area contributed by atoms with Gasteiger partial charge in [0.05, 0.1) is 5.92 Å². The van der Waals surface area contributed by atoms with Crippen molar-refractivity contribution in [3.63, 3.8) is 0 Å². The van der Waals surface area contributed by atoms with E-state index in [0.717, 1.165) is 45.1 Å². The lowest BCUT2D eigenvalue weighted by Crippen LogP contribution is -2.39. The standard InChI is InChI=1S/C20H27FN4O2/c21-17-10-8-15(9-11-17)19-23-20(27-24-19)16-6-5-13-25(14-16)18(26)7-3-1-2-4-12-22/h8-11,16H,1-7,12-14,22H2. The minimum atomic E-state index is -0.299. The lowest BCUT2D eigenvalue weighted by atomic mass is 9.97. The molecule has 1 aliphatic heterocycles. The fraction of sp³-hybridized carbons (Fsp3) is 0.550. The number of piperidine rings is 1. The van der Waals surface area contributed by atoms with Crippen molar-refractivity contribution in [1.82, 2.24) is 15.0 Å². The fourth-order valence-electron chi connectivity index (χ4n) is 3.45. The Morgan fingerprint density at radius 3 is 2.78 bits per heavy atom. The van der Waals surface area contributed by atoms with Gasteiger partial charge in [-0.1, -0.05) is 18.0 Å². The summed E-state index contributed by atoms with van der Waals surface area (Å²) in [5.74, 6) is 0.961. The molecule has 1 aromatic heterocycles. The van der Waals surface area contributed by atoms with E-state index in [-0.39, 0.29) is 17.6 Å². The van der Waals surface area contributed by atoms with E-state index < -0.39 is 0 Å². The Labute approximate surface area is 158 Å². The molecule has 146 valence electrons. The number of aromatic nitrogens is 2. The third-order valence-electron chi connectivity index (χ3n) is 5.01. The molecule has 0 bridgehead atoms. The number of nitrogens with two attached hydrogens (primary N) is 1. The van der Waals surface area contributed by atoms with Gasteiger partial charge in [-0.3, -0.25) is 4.79 Å². The van der Waals surface area contributed by atoms with Crippen LogP contribution >= 0.6 is 0 Å². The summed E-state index contributed by atoms with van der Waals surface area (Å²) in [6.45, 7) is 2.12. The first-order valence-corrected chi connectivity index (χ1v) is 9.75. The van der Waals surface area contributed by atoms with Crippen LogP contribution < -0.4 is 5.73 Å². The zero-order chi connectivity index (χ0) is 19.1. The van der Waals surface area contributed by atoms with Crippen molar-refractivity contribution in [2.75, 3.05) is 19.6 Å². The van der Waals surface area contributed by atoms with Crippen molar-refractivity contribution in [3.05, 3.63) is 36.0 Å². The average Bonchev–Trinajstić information content (AvgIpc) is 3.18.